The summed E-state index contributed by atoms with van der Waals surface area (Å²) in [6.07, 6.45) is -0.496. The fourth-order valence-electron chi connectivity index (χ4n) is 1.07. The van der Waals surface area contributed by atoms with E-state index in [2.05, 4.69) is 20.8 Å². The SMILES string of the molecule is CNCCn1nnnc1SCC(O)COC. The van der Waals surface area contributed by atoms with E-state index < -0.39 is 6.10 Å². The lowest BCUT2D eigenvalue weighted by atomic mass is 10.4. The van der Waals surface area contributed by atoms with E-state index in [4.69, 9.17) is 4.74 Å². The number of thioether (sulfide) groups is 1. The molecule has 92 valence electrons. The summed E-state index contributed by atoms with van der Waals surface area (Å²) in [6, 6.07) is 0. The van der Waals surface area contributed by atoms with Crippen molar-refractivity contribution in [3.05, 3.63) is 0 Å². The number of aliphatic hydroxyl groups excluding tert-OH is 1. The van der Waals surface area contributed by atoms with Crippen LogP contribution in [0.25, 0.3) is 0 Å². The summed E-state index contributed by atoms with van der Waals surface area (Å²) in [5.74, 6) is 0.522. The van der Waals surface area contributed by atoms with Gasteiger partial charge in [0.15, 0.2) is 0 Å². The third kappa shape index (κ3) is 4.44. The Morgan fingerprint density at radius 1 is 1.62 bits per heavy atom. The van der Waals surface area contributed by atoms with Crippen molar-refractivity contribution in [3.8, 4) is 0 Å². The molecule has 7 nitrogen and oxygen atoms in total. The second kappa shape index (κ2) is 7.55. The predicted octanol–water partition coefficient (Wildman–Crippen LogP) is -1.01. The lowest BCUT2D eigenvalue weighted by Gasteiger charge is -2.08. The second-order valence-corrected chi connectivity index (χ2v) is 4.20. The van der Waals surface area contributed by atoms with E-state index in [1.54, 1.807) is 11.8 Å². The molecule has 1 heterocycles. The topological polar surface area (TPSA) is 85.1 Å². The summed E-state index contributed by atoms with van der Waals surface area (Å²) in [5, 5.41) is 24.6. The monoisotopic (exact) mass is 247 g/mol. The van der Waals surface area contributed by atoms with Crippen LogP contribution in [0, 0.1) is 0 Å². The number of nitrogens with zero attached hydrogens (tertiary/aromatic N) is 4. The number of tetrazole rings is 1. The summed E-state index contributed by atoms with van der Waals surface area (Å²) in [7, 11) is 3.43. The van der Waals surface area contributed by atoms with Crippen molar-refractivity contribution in [3.63, 3.8) is 0 Å². The molecule has 0 aliphatic rings. The molecule has 0 saturated carbocycles. The van der Waals surface area contributed by atoms with Crippen LogP contribution in [0.4, 0.5) is 0 Å². The lowest BCUT2D eigenvalue weighted by Crippen LogP contribution is -2.19. The molecule has 2 N–H and O–H groups in total. The molecule has 0 bridgehead atoms. The number of hydrogen-bond donors (Lipinski definition) is 2. The molecule has 16 heavy (non-hydrogen) atoms. The second-order valence-electron chi connectivity index (χ2n) is 3.21. The van der Waals surface area contributed by atoms with E-state index in [1.807, 2.05) is 7.05 Å². The van der Waals surface area contributed by atoms with Crippen LogP contribution in [0.15, 0.2) is 5.16 Å². The molecule has 0 amide bonds. The summed E-state index contributed by atoms with van der Waals surface area (Å²) >= 11 is 1.42. The maximum absolute atomic E-state index is 9.48. The Labute approximate surface area is 98.6 Å². The Kier molecular flexibility index (Phi) is 6.31. The minimum absolute atomic E-state index is 0.324. The standard InChI is InChI=1S/C8H17N5O2S/c1-9-3-4-13-8(10-11-12-13)16-6-7(14)5-15-2/h7,9,14H,3-6H2,1-2H3. The molecule has 0 spiro atoms. The molecule has 0 radical (unpaired) electrons. The van der Waals surface area contributed by atoms with Crippen LogP contribution in [0.5, 0.6) is 0 Å². The van der Waals surface area contributed by atoms with Crippen molar-refractivity contribution >= 4 is 11.8 Å². The Morgan fingerprint density at radius 3 is 3.12 bits per heavy atom. The Bertz CT molecular complexity index is 296. The first-order chi connectivity index (χ1) is 7.77. The highest BCUT2D eigenvalue weighted by Gasteiger charge is 2.10. The van der Waals surface area contributed by atoms with Crippen LogP contribution in [0.1, 0.15) is 0 Å². The number of nitrogens with one attached hydrogen (secondary N) is 1. The summed E-state index contributed by atoms with van der Waals surface area (Å²) in [4.78, 5) is 0. The van der Waals surface area contributed by atoms with Gasteiger partial charge < -0.3 is 15.2 Å². The Morgan fingerprint density at radius 2 is 2.44 bits per heavy atom. The van der Waals surface area contributed by atoms with Crippen molar-refractivity contribution in [1.82, 2.24) is 25.5 Å². The lowest BCUT2D eigenvalue weighted by molar-refractivity contribution is 0.0793. The van der Waals surface area contributed by atoms with Crippen LogP contribution in [-0.4, -0.2) is 64.5 Å². The molecule has 1 atom stereocenters. The van der Waals surface area contributed by atoms with Gasteiger partial charge in [0.1, 0.15) is 0 Å². The molecular formula is C8H17N5O2S. The van der Waals surface area contributed by atoms with E-state index in [0.29, 0.717) is 24.1 Å². The number of methoxy groups -OCH3 is 1. The average molecular weight is 247 g/mol. The van der Waals surface area contributed by atoms with E-state index >= 15 is 0 Å². The zero-order valence-electron chi connectivity index (χ0n) is 9.46. The fourth-order valence-corrected chi connectivity index (χ4v) is 1.88. The van der Waals surface area contributed by atoms with E-state index in [-0.39, 0.29) is 0 Å². The van der Waals surface area contributed by atoms with Crippen LogP contribution < -0.4 is 5.32 Å². The minimum Gasteiger partial charge on any atom is -0.390 e. The van der Waals surface area contributed by atoms with Gasteiger partial charge in [-0.15, -0.1) is 5.10 Å². The van der Waals surface area contributed by atoms with Crippen molar-refractivity contribution in [1.29, 1.82) is 0 Å². The molecule has 0 aliphatic carbocycles. The van der Waals surface area contributed by atoms with Gasteiger partial charge in [-0.3, -0.25) is 0 Å². The van der Waals surface area contributed by atoms with Crippen molar-refractivity contribution in [2.75, 3.05) is 33.1 Å². The van der Waals surface area contributed by atoms with Crippen molar-refractivity contribution in [2.24, 2.45) is 0 Å². The molecule has 0 fully saturated rings. The highest BCUT2D eigenvalue weighted by atomic mass is 32.2. The van der Waals surface area contributed by atoms with E-state index in [0.717, 1.165) is 6.54 Å². The van der Waals surface area contributed by atoms with Gasteiger partial charge in [0.05, 0.1) is 19.3 Å². The molecule has 0 aliphatic heterocycles. The smallest absolute Gasteiger partial charge is 0.209 e. The Balaban J connectivity index is 2.37. The summed E-state index contributed by atoms with van der Waals surface area (Å²) in [6.45, 7) is 1.84. The van der Waals surface area contributed by atoms with Crippen molar-refractivity contribution < 1.29 is 9.84 Å². The highest BCUT2D eigenvalue weighted by Crippen LogP contribution is 2.14. The molecule has 0 aromatic carbocycles. The normalized spacial score (nSPS) is 12.9. The van der Waals surface area contributed by atoms with E-state index in [9.17, 15) is 5.11 Å². The van der Waals surface area contributed by atoms with Gasteiger partial charge in [-0.05, 0) is 17.5 Å². The van der Waals surface area contributed by atoms with Gasteiger partial charge in [-0.2, -0.15) is 0 Å². The number of aliphatic hydroxyl groups is 1. The number of ether oxygens (including phenoxy) is 1. The minimum atomic E-state index is -0.496. The van der Waals surface area contributed by atoms with Gasteiger partial charge >= 0.3 is 0 Å². The van der Waals surface area contributed by atoms with Gasteiger partial charge in [-0.25, -0.2) is 4.68 Å². The number of aromatic nitrogens is 4. The first-order valence-electron chi connectivity index (χ1n) is 4.98. The molecule has 1 aromatic heterocycles. The van der Waals surface area contributed by atoms with Gasteiger partial charge in [-0.1, -0.05) is 11.8 Å². The van der Waals surface area contributed by atoms with Gasteiger partial charge in [0, 0.05) is 19.4 Å². The molecule has 8 heteroatoms. The zero-order chi connectivity index (χ0) is 11.8. The number of likely N-dealkylation sites (N-methyl/N-ethyl adjacent to an activating group) is 1. The van der Waals surface area contributed by atoms with E-state index in [1.165, 1.54) is 11.8 Å². The first-order valence-corrected chi connectivity index (χ1v) is 5.97. The highest BCUT2D eigenvalue weighted by molar-refractivity contribution is 7.99. The number of rotatable bonds is 8. The maximum Gasteiger partial charge on any atom is 0.209 e. The van der Waals surface area contributed by atoms with Crippen LogP contribution >= 0.6 is 11.8 Å². The zero-order valence-corrected chi connectivity index (χ0v) is 10.3. The van der Waals surface area contributed by atoms with Gasteiger partial charge in [0.2, 0.25) is 5.16 Å². The van der Waals surface area contributed by atoms with Crippen LogP contribution in [0.3, 0.4) is 0 Å². The van der Waals surface area contributed by atoms with Crippen molar-refractivity contribution in [2.45, 2.75) is 17.8 Å². The largest absolute Gasteiger partial charge is 0.390 e. The summed E-state index contributed by atoms with van der Waals surface area (Å²) in [5.41, 5.74) is 0. The maximum atomic E-state index is 9.48. The molecule has 0 saturated heterocycles. The number of hydrogen-bond acceptors (Lipinski definition) is 7. The molecule has 1 aromatic rings. The fraction of sp³-hybridized carbons (Fsp3) is 0.875. The Hall–Kier alpha value is -0.700. The summed E-state index contributed by atoms with van der Waals surface area (Å²) < 4.78 is 6.55. The molecule has 1 rings (SSSR count). The first kappa shape index (κ1) is 13.4. The predicted molar refractivity (Wildman–Crippen MR) is 60.4 cm³/mol. The molecule has 1 unspecified atom stereocenters. The third-order valence-corrected chi connectivity index (χ3v) is 2.94. The van der Waals surface area contributed by atoms with Crippen LogP contribution in [0.2, 0.25) is 0 Å². The van der Waals surface area contributed by atoms with Crippen LogP contribution in [-0.2, 0) is 11.3 Å². The third-order valence-electron chi connectivity index (χ3n) is 1.84. The average Bonchev–Trinajstić information content (AvgIpc) is 2.71. The van der Waals surface area contributed by atoms with Gasteiger partial charge in [0.25, 0.3) is 0 Å². The quantitative estimate of drug-likeness (QED) is 0.569. The molecular weight excluding hydrogens is 230 g/mol.